The van der Waals surface area contributed by atoms with Crippen LogP contribution in [-0.2, 0) is 5.41 Å². The molecule has 0 radical (unpaired) electrons. The van der Waals surface area contributed by atoms with Crippen LogP contribution in [0.3, 0.4) is 0 Å². The molecule has 5 heteroatoms. The number of fused-ring (bicyclic) bond motifs is 1. The van der Waals surface area contributed by atoms with Crippen LogP contribution in [0.25, 0.3) is 11.2 Å². The summed E-state index contributed by atoms with van der Waals surface area (Å²) >= 11 is 0. The van der Waals surface area contributed by atoms with E-state index >= 15 is 0 Å². The van der Waals surface area contributed by atoms with Gasteiger partial charge in [-0.1, -0.05) is 19.3 Å². The van der Waals surface area contributed by atoms with E-state index in [1.54, 1.807) is 0 Å². The van der Waals surface area contributed by atoms with Crippen LogP contribution in [0.2, 0.25) is 0 Å². The van der Waals surface area contributed by atoms with E-state index in [-0.39, 0.29) is 5.41 Å². The molecule has 0 amide bonds. The second kappa shape index (κ2) is 4.07. The van der Waals surface area contributed by atoms with E-state index in [1.165, 1.54) is 24.8 Å². The maximum absolute atomic E-state index is 6.02. The van der Waals surface area contributed by atoms with Crippen LogP contribution in [-0.4, -0.2) is 26.9 Å². The zero-order valence-electron chi connectivity index (χ0n) is 9.82. The summed E-state index contributed by atoms with van der Waals surface area (Å²) < 4.78 is 0. The van der Waals surface area contributed by atoms with Crippen LogP contribution in [0.4, 0.5) is 0 Å². The van der Waals surface area contributed by atoms with E-state index < -0.39 is 0 Å². The molecule has 1 saturated carbocycles. The van der Waals surface area contributed by atoms with E-state index in [0.717, 1.165) is 18.4 Å². The molecule has 0 atom stereocenters. The molecule has 1 fully saturated rings. The number of rotatable bonds is 2. The van der Waals surface area contributed by atoms with Crippen molar-refractivity contribution in [3.05, 3.63) is 17.8 Å². The molecule has 0 aromatic carbocycles. The molecule has 3 N–H and O–H groups in total. The molecule has 1 aliphatic rings. The minimum absolute atomic E-state index is 0.110. The summed E-state index contributed by atoms with van der Waals surface area (Å²) in [4.78, 5) is 4.35. The summed E-state index contributed by atoms with van der Waals surface area (Å²) in [6.45, 7) is 0.692. The standard InChI is InChI=1S/C12H17N5/c13-8-12(4-2-1-3-5-12)9-6-10-11(14-7-9)16-17-15-10/h6-7H,1-5,8,13H2,(H,14,15,16,17). The zero-order valence-corrected chi connectivity index (χ0v) is 9.82. The molecule has 3 rings (SSSR count). The lowest BCUT2D eigenvalue weighted by Gasteiger charge is -2.36. The van der Waals surface area contributed by atoms with Gasteiger partial charge < -0.3 is 5.73 Å². The first-order valence-electron chi connectivity index (χ1n) is 6.21. The Morgan fingerprint density at radius 2 is 2.06 bits per heavy atom. The van der Waals surface area contributed by atoms with Crippen LogP contribution in [0.5, 0.6) is 0 Å². The fraction of sp³-hybridized carbons (Fsp3) is 0.583. The fourth-order valence-corrected chi connectivity index (χ4v) is 2.87. The van der Waals surface area contributed by atoms with Crippen molar-refractivity contribution in [2.24, 2.45) is 5.73 Å². The molecule has 2 aromatic rings. The number of H-pyrrole nitrogens is 1. The van der Waals surface area contributed by atoms with E-state index in [4.69, 9.17) is 5.73 Å². The SMILES string of the molecule is NCC1(c2cnc3n[nH]nc3c2)CCCCC1. The Kier molecular flexibility index (Phi) is 2.55. The normalized spacial score (nSPS) is 19.6. The van der Waals surface area contributed by atoms with E-state index in [0.29, 0.717) is 12.2 Å². The van der Waals surface area contributed by atoms with Crippen molar-refractivity contribution in [1.82, 2.24) is 20.4 Å². The van der Waals surface area contributed by atoms with Gasteiger partial charge in [-0.15, -0.1) is 5.10 Å². The van der Waals surface area contributed by atoms with Gasteiger partial charge in [0.15, 0.2) is 0 Å². The average Bonchev–Trinajstić information content (AvgIpc) is 2.86. The lowest BCUT2D eigenvalue weighted by molar-refractivity contribution is 0.300. The lowest BCUT2D eigenvalue weighted by Crippen LogP contribution is -2.37. The van der Waals surface area contributed by atoms with Crippen LogP contribution < -0.4 is 5.73 Å². The van der Waals surface area contributed by atoms with Crippen molar-refractivity contribution >= 4 is 11.2 Å². The second-order valence-electron chi connectivity index (χ2n) is 4.94. The topological polar surface area (TPSA) is 80.5 Å². The molecule has 2 heterocycles. The smallest absolute Gasteiger partial charge is 0.201 e. The number of pyridine rings is 1. The second-order valence-corrected chi connectivity index (χ2v) is 4.94. The largest absolute Gasteiger partial charge is 0.330 e. The van der Waals surface area contributed by atoms with Crippen LogP contribution in [0.15, 0.2) is 12.3 Å². The highest BCUT2D eigenvalue weighted by atomic mass is 15.3. The fourth-order valence-electron chi connectivity index (χ4n) is 2.87. The first-order chi connectivity index (χ1) is 8.34. The number of nitrogens with zero attached hydrogens (tertiary/aromatic N) is 3. The molecule has 0 spiro atoms. The number of aromatic amines is 1. The van der Waals surface area contributed by atoms with Crippen LogP contribution in [0.1, 0.15) is 37.7 Å². The van der Waals surface area contributed by atoms with Crippen molar-refractivity contribution in [3.8, 4) is 0 Å². The third kappa shape index (κ3) is 1.70. The van der Waals surface area contributed by atoms with E-state index in [9.17, 15) is 0 Å². The molecule has 0 unspecified atom stereocenters. The van der Waals surface area contributed by atoms with Gasteiger partial charge in [0.25, 0.3) is 0 Å². The molecular formula is C12H17N5. The molecule has 0 bridgehead atoms. The highest BCUT2D eigenvalue weighted by Gasteiger charge is 2.33. The monoisotopic (exact) mass is 231 g/mol. The first kappa shape index (κ1) is 10.7. The molecule has 1 aliphatic carbocycles. The quantitative estimate of drug-likeness (QED) is 0.821. The van der Waals surface area contributed by atoms with Gasteiger partial charge in [0.2, 0.25) is 5.65 Å². The van der Waals surface area contributed by atoms with Crippen molar-refractivity contribution in [3.63, 3.8) is 0 Å². The molecule has 0 aliphatic heterocycles. The third-order valence-corrected chi connectivity index (χ3v) is 3.99. The average molecular weight is 231 g/mol. The Bertz CT molecular complexity index is 512. The summed E-state index contributed by atoms with van der Waals surface area (Å²) in [5, 5.41) is 10.7. The van der Waals surface area contributed by atoms with E-state index in [1.807, 2.05) is 6.20 Å². The van der Waals surface area contributed by atoms with Crippen molar-refractivity contribution in [2.75, 3.05) is 6.54 Å². The van der Waals surface area contributed by atoms with Gasteiger partial charge in [-0.05, 0) is 24.5 Å². The summed E-state index contributed by atoms with van der Waals surface area (Å²) in [5.74, 6) is 0. The number of hydrogen-bond donors (Lipinski definition) is 2. The summed E-state index contributed by atoms with van der Waals surface area (Å²) in [5.41, 5.74) is 8.86. The number of nitrogens with one attached hydrogen (secondary N) is 1. The minimum Gasteiger partial charge on any atom is -0.330 e. The molecule has 2 aromatic heterocycles. The molecule has 90 valence electrons. The molecule has 0 saturated heterocycles. The molecular weight excluding hydrogens is 214 g/mol. The molecule has 17 heavy (non-hydrogen) atoms. The Morgan fingerprint density at radius 1 is 1.24 bits per heavy atom. The predicted octanol–water partition coefficient (Wildman–Crippen LogP) is 1.51. The number of hydrogen-bond acceptors (Lipinski definition) is 4. The maximum Gasteiger partial charge on any atom is 0.201 e. The Hall–Kier alpha value is -1.49. The van der Waals surface area contributed by atoms with Crippen LogP contribution >= 0.6 is 0 Å². The van der Waals surface area contributed by atoms with Gasteiger partial charge in [-0.25, -0.2) is 4.98 Å². The summed E-state index contributed by atoms with van der Waals surface area (Å²) in [7, 11) is 0. The Balaban J connectivity index is 2.04. The number of aromatic nitrogens is 4. The van der Waals surface area contributed by atoms with Gasteiger partial charge in [-0.3, -0.25) is 0 Å². The third-order valence-electron chi connectivity index (χ3n) is 3.99. The van der Waals surface area contributed by atoms with Gasteiger partial charge in [0.05, 0.1) is 0 Å². The molecule has 5 nitrogen and oxygen atoms in total. The highest BCUT2D eigenvalue weighted by Crippen LogP contribution is 2.38. The maximum atomic E-state index is 6.02. The van der Waals surface area contributed by atoms with Gasteiger partial charge in [0.1, 0.15) is 5.52 Å². The van der Waals surface area contributed by atoms with Crippen molar-refractivity contribution in [1.29, 1.82) is 0 Å². The van der Waals surface area contributed by atoms with Crippen molar-refractivity contribution < 1.29 is 0 Å². The predicted molar refractivity (Wildman–Crippen MR) is 65.5 cm³/mol. The van der Waals surface area contributed by atoms with Gasteiger partial charge in [-0.2, -0.15) is 10.3 Å². The summed E-state index contributed by atoms with van der Waals surface area (Å²) in [6.07, 6.45) is 8.08. The van der Waals surface area contributed by atoms with E-state index in [2.05, 4.69) is 26.5 Å². The lowest BCUT2D eigenvalue weighted by atomic mass is 9.70. The summed E-state index contributed by atoms with van der Waals surface area (Å²) in [6, 6.07) is 2.09. The minimum atomic E-state index is 0.110. The number of nitrogens with two attached hydrogens (primary N) is 1. The van der Waals surface area contributed by atoms with Crippen molar-refractivity contribution in [2.45, 2.75) is 37.5 Å². The zero-order chi connectivity index (χ0) is 11.7. The van der Waals surface area contributed by atoms with Crippen LogP contribution in [0, 0.1) is 0 Å². The van der Waals surface area contributed by atoms with Gasteiger partial charge >= 0.3 is 0 Å². The first-order valence-corrected chi connectivity index (χ1v) is 6.21. The van der Waals surface area contributed by atoms with Gasteiger partial charge in [0, 0.05) is 18.2 Å². The Morgan fingerprint density at radius 3 is 2.82 bits per heavy atom. The highest BCUT2D eigenvalue weighted by molar-refractivity contribution is 5.69. The Labute approximate surface area is 99.8 Å².